The van der Waals surface area contributed by atoms with Gasteiger partial charge in [-0.3, -0.25) is 19.7 Å². The number of carbonyl (C=O) groups excluding carboxylic acids is 3. The summed E-state index contributed by atoms with van der Waals surface area (Å²) in [6, 6.07) is 17.5. The maximum absolute atomic E-state index is 13.2. The molecule has 36 heavy (non-hydrogen) atoms. The van der Waals surface area contributed by atoms with Gasteiger partial charge in [0.2, 0.25) is 17.7 Å². The molecule has 8 nitrogen and oxygen atoms in total. The van der Waals surface area contributed by atoms with Crippen molar-refractivity contribution in [3.05, 3.63) is 72.3 Å². The molecule has 0 radical (unpaired) electrons. The fourth-order valence-electron chi connectivity index (χ4n) is 4.67. The second kappa shape index (κ2) is 9.15. The molecule has 186 valence electrons. The van der Waals surface area contributed by atoms with Crippen molar-refractivity contribution in [2.75, 3.05) is 10.6 Å². The van der Waals surface area contributed by atoms with E-state index in [0.29, 0.717) is 5.69 Å². The summed E-state index contributed by atoms with van der Waals surface area (Å²) in [5.41, 5.74) is -0.161. The molecule has 3 amide bonds. The van der Waals surface area contributed by atoms with E-state index < -0.39 is 53.8 Å². The van der Waals surface area contributed by atoms with Crippen LogP contribution in [0.25, 0.3) is 10.8 Å². The van der Waals surface area contributed by atoms with E-state index in [1.807, 2.05) is 30.3 Å². The molecule has 0 aromatic heterocycles. The maximum Gasteiger partial charge on any atom is 0.416 e. The van der Waals surface area contributed by atoms with Gasteiger partial charge in [0, 0.05) is 23.2 Å². The third-order valence-electron chi connectivity index (χ3n) is 6.34. The molecule has 3 aromatic rings. The summed E-state index contributed by atoms with van der Waals surface area (Å²) < 4.78 is 39.1. The largest absolute Gasteiger partial charge is 0.416 e. The molecular weight excluding hydrogens is 475 g/mol. The fourth-order valence-corrected chi connectivity index (χ4v) is 4.67. The summed E-state index contributed by atoms with van der Waals surface area (Å²) in [5, 5.41) is 15.7. The molecule has 2 saturated heterocycles. The number of nitrogens with one attached hydrogen (secondary N) is 5. The van der Waals surface area contributed by atoms with Crippen LogP contribution < -0.4 is 26.6 Å². The molecule has 2 fully saturated rings. The first-order valence-corrected chi connectivity index (χ1v) is 11.3. The summed E-state index contributed by atoms with van der Waals surface area (Å²) in [4.78, 5) is 38.7. The third kappa shape index (κ3) is 4.69. The van der Waals surface area contributed by atoms with E-state index in [2.05, 4.69) is 26.6 Å². The van der Waals surface area contributed by atoms with Crippen molar-refractivity contribution < 1.29 is 27.6 Å². The minimum absolute atomic E-state index is 0.119. The van der Waals surface area contributed by atoms with E-state index >= 15 is 0 Å². The Kier molecular flexibility index (Phi) is 6.00. The number of carbonyl (C=O) groups is 3. The summed E-state index contributed by atoms with van der Waals surface area (Å²) in [7, 11) is 0. The predicted molar refractivity (Wildman–Crippen MR) is 126 cm³/mol. The highest BCUT2D eigenvalue weighted by Crippen LogP contribution is 2.32. The molecule has 0 spiro atoms. The highest BCUT2D eigenvalue weighted by Gasteiger charge is 2.48. The van der Waals surface area contributed by atoms with Crippen LogP contribution in [0.3, 0.4) is 0 Å². The van der Waals surface area contributed by atoms with Gasteiger partial charge in [-0.25, -0.2) is 0 Å². The number of anilines is 2. The molecule has 5 N–H and O–H groups in total. The Balaban J connectivity index is 1.33. The molecule has 2 aliphatic rings. The number of hydrogen-bond acceptors (Lipinski definition) is 5. The van der Waals surface area contributed by atoms with Crippen LogP contribution in [0.1, 0.15) is 12.0 Å². The standard InChI is InChI=1S/C25H22F3N5O3/c26-25(27,28)14-7-4-8-15(11-14)29-24-32-21-20(23(36)33-24)17(12-19(34)31-21)22(35)30-18-10-3-6-13-5-1-2-9-16(13)18/h1-11,17,20-21,24,29,32H,12H2,(H,30,35)(H,31,34)(H,33,36). The van der Waals surface area contributed by atoms with Crippen molar-refractivity contribution >= 4 is 39.9 Å². The van der Waals surface area contributed by atoms with Crippen LogP contribution in [0.5, 0.6) is 0 Å². The first-order valence-electron chi connectivity index (χ1n) is 11.3. The fraction of sp³-hybridized carbons (Fsp3) is 0.240. The molecule has 5 rings (SSSR count). The summed E-state index contributed by atoms with van der Waals surface area (Å²) in [6.07, 6.45) is -6.57. The first-order chi connectivity index (χ1) is 17.2. The number of rotatable bonds is 4. The van der Waals surface area contributed by atoms with Gasteiger partial charge in [0.1, 0.15) is 0 Å². The number of hydrogen-bond donors (Lipinski definition) is 5. The Morgan fingerprint density at radius 3 is 2.50 bits per heavy atom. The van der Waals surface area contributed by atoms with Gasteiger partial charge in [-0.15, -0.1) is 0 Å². The first kappa shape index (κ1) is 23.6. The van der Waals surface area contributed by atoms with E-state index in [-0.39, 0.29) is 12.1 Å². The Morgan fingerprint density at radius 2 is 1.69 bits per heavy atom. The van der Waals surface area contributed by atoms with Crippen LogP contribution in [0.4, 0.5) is 24.5 Å². The molecule has 0 bridgehead atoms. The lowest BCUT2D eigenvalue weighted by Crippen LogP contribution is -2.72. The van der Waals surface area contributed by atoms with Crippen LogP contribution in [-0.2, 0) is 20.6 Å². The Bertz CT molecular complexity index is 1340. The molecule has 0 saturated carbocycles. The van der Waals surface area contributed by atoms with Crippen molar-refractivity contribution in [1.29, 1.82) is 0 Å². The molecule has 2 heterocycles. The van der Waals surface area contributed by atoms with Gasteiger partial charge in [0.05, 0.1) is 23.6 Å². The van der Waals surface area contributed by atoms with Crippen LogP contribution in [-0.4, -0.2) is 30.2 Å². The minimum Gasteiger partial charge on any atom is -0.353 e. The zero-order valence-corrected chi connectivity index (χ0v) is 18.7. The summed E-state index contributed by atoms with van der Waals surface area (Å²) in [6.45, 7) is 0. The molecule has 4 atom stereocenters. The lowest BCUT2D eigenvalue weighted by Gasteiger charge is -2.43. The van der Waals surface area contributed by atoms with Crippen molar-refractivity contribution in [3.63, 3.8) is 0 Å². The number of amides is 3. The SMILES string of the molecule is O=C1CC(C(=O)Nc2cccc3ccccc23)C2C(=O)NC(Nc3cccc(C(F)(F)F)c3)NC2N1. The Morgan fingerprint density at radius 1 is 0.944 bits per heavy atom. The molecule has 2 aliphatic heterocycles. The van der Waals surface area contributed by atoms with E-state index in [1.54, 1.807) is 12.1 Å². The van der Waals surface area contributed by atoms with E-state index in [4.69, 9.17) is 0 Å². The zero-order valence-electron chi connectivity index (χ0n) is 18.7. The average Bonchev–Trinajstić information content (AvgIpc) is 2.83. The predicted octanol–water partition coefficient (Wildman–Crippen LogP) is 2.99. The monoisotopic (exact) mass is 497 g/mol. The normalized spacial score (nSPS) is 23.9. The number of fused-ring (bicyclic) bond motifs is 2. The highest BCUT2D eigenvalue weighted by molar-refractivity contribution is 6.05. The summed E-state index contributed by atoms with van der Waals surface area (Å²) >= 11 is 0. The van der Waals surface area contributed by atoms with Crippen LogP contribution in [0.15, 0.2) is 66.7 Å². The van der Waals surface area contributed by atoms with Crippen molar-refractivity contribution in [1.82, 2.24) is 16.0 Å². The molecule has 3 aromatic carbocycles. The van der Waals surface area contributed by atoms with E-state index in [0.717, 1.165) is 22.9 Å². The van der Waals surface area contributed by atoms with Crippen molar-refractivity contribution in [2.45, 2.75) is 25.1 Å². The number of alkyl halides is 3. The van der Waals surface area contributed by atoms with Crippen molar-refractivity contribution in [2.24, 2.45) is 11.8 Å². The van der Waals surface area contributed by atoms with Gasteiger partial charge in [0.25, 0.3) is 0 Å². The minimum atomic E-state index is -4.52. The van der Waals surface area contributed by atoms with Gasteiger partial charge in [-0.05, 0) is 29.7 Å². The quantitative estimate of drug-likeness (QED) is 0.381. The van der Waals surface area contributed by atoms with Crippen LogP contribution in [0, 0.1) is 11.8 Å². The van der Waals surface area contributed by atoms with Gasteiger partial charge < -0.3 is 21.3 Å². The van der Waals surface area contributed by atoms with Crippen LogP contribution >= 0.6 is 0 Å². The number of halogens is 3. The number of benzene rings is 3. The Hall–Kier alpha value is -4.12. The van der Waals surface area contributed by atoms with Crippen molar-refractivity contribution in [3.8, 4) is 0 Å². The third-order valence-corrected chi connectivity index (χ3v) is 6.34. The maximum atomic E-state index is 13.2. The smallest absolute Gasteiger partial charge is 0.353 e. The van der Waals surface area contributed by atoms with Crippen LogP contribution in [0.2, 0.25) is 0 Å². The van der Waals surface area contributed by atoms with Gasteiger partial charge >= 0.3 is 6.18 Å². The number of piperidine rings is 1. The lowest BCUT2D eigenvalue weighted by molar-refractivity contribution is -0.144. The molecule has 4 unspecified atom stereocenters. The molecule has 0 aliphatic carbocycles. The zero-order chi connectivity index (χ0) is 25.4. The van der Waals surface area contributed by atoms with Gasteiger partial charge in [0.15, 0.2) is 6.29 Å². The molecular formula is C25H22F3N5O3. The molecule has 11 heteroatoms. The Labute approximate surface area is 203 Å². The van der Waals surface area contributed by atoms with Gasteiger partial charge in [-0.2, -0.15) is 13.2 Å². The second-order valence-electron chi connectivity index (χ2n) is 8.73. The highest BCUT2D eigenvalue weighted by atomic mass is 19.4. The topological polar surface area (TPSA) is 111 Å². The lowest BCUT2D eigenvalue weighted by atomic mass is 9.81. The second-order valence-corrected chi connectivity index (χ2v) is 8.73. The summed E-state index contributed by atoms with van der Waals surface area (Å²) in [5.74, 6) is -3.28. The van der Waals surface area contributed by atoms with E-state index in [1.165, 1.54) is 12.1 Å². The van der Waals surface area contributed by atoms with Gasteiger partial charge in [-0.1, -0.05) is 42.5 Å². The van der Waals surface area contributed by atoms with E-state index in [9.17, 15) is 27.6 Å². The average molecular weight is 497 g/mol.